The average Bonchev–Trinajstić information content (AvgIpc) is 2.56. The molecule has 1 aliphatic heterocycles. The molecule has 23 heavy (non-hydrogen) atoms. The fraction of sp³-hybridized carbons (Fsp3) is 0.500. The van der Waals surface area contributed by atoms with Gasteiger partial charge < -0.3 is 20.3 Å². The SMILES string of the molecule is CNCC(=O)N1CCN(CC(=O)Nc2ccccc2OC)CC1. The number of methoxy groups -OCH3 is 1. The molecule has 1 heterocycles. The number of piperazine rings is 1. The minimum absolute atomic E-state index is 0.0792. The maximum atomic E-state index is 12.2. The van der Waals surface area contributed by atoms with Gasteiger partial charge in [-0.15, -0.1) is 0 Å². The lowest BCUT2D eigenvalue weighted by Crippen LogP contribution is -2.51. The largest absolute Gasteiger partial charge is 0.495 e. The predicted octanol–water partition coefficient (Wildman–Crippen LogP) is -0.00270. The lowest BCUT2D eigenvalue weighted by Gasteiger charge is -2.34. The minimum Gasteiger partial charge on any atom is -0.495 e. The first-order valence-corrected chi connectivity index (χ1v) is 7.71. The van der Waals surface area contributed by atoms with Gasteiger partial charge >= 0.3 is 0 Å². The van der Waals surface area contributed by atoms with Gasteiger partial charge in [0.1, 0.15) is 5.75 Å². The second-order valence-corrected chi connectivity index (χ2v) is 5.44. The summed E-state index contributed by atoms with van der Waals surface area (Å²) in [6.07, 6.45) is 0. The third kappa shape index (κ3) is 4.94. The molecule has 0 saturated carbocycles. The van der Waals surface area contributed by atoms with Crippen molar-refractivity contribution in [3.63, 3.8) is 0 Å². The molecule has 2 amide bonds. The van der Waals surface area contributed by atoms with Crippen LogP contribution in [0.3, 0.4) is 0 Å². The highest BCUT2D eigenvalue weighted by atomic mass is 16.5. The van der Waals surface area contributed by atoms with E-state index in [1.165, 1.54) is 0 Å². The molecule has 0 unspecified atom stereocenters. The Morgan fingerprint density at radius 2 is 1.87 bits per heavy atom. The number of likely N-dealkylation sites (N-methyl/N-ethyl adjacent to an activating group) is 1. The fourth-order valence-electron chi connectivity index (χ4n) is 2.56. The lowest BCUT2D eigenvalue weighted by molar-refractivity contribution is -0.132. The molecule has 1 saturated heterocycles. The molecular formula is C16H24N4O3. The van der Waals surface area contributed by atoms with Crippen LogP contribution in [0.25, 0.3) is 0 Å². The molecule has 2 N–H and O–H groups in total. The first kappa shape index (κ1) is 17.2. The maximum Gasteiger partial charge on any atom is 0.238 e. The van der Waals surface area contributed by atoms with Crippen molar-refractivity contribution in [1.82, 2.24) is 15.1 Å². The number of hydrogen-bond donors (Lipinski definition) is 2. The molecule has 2 rings (SSSR count). The molecular weight excluding hydrogens is 296 g/mol. The second kappa shape index (κ2) is 8.50. The highest BCUT2D eigenvalue weighted by Gasteiger charge is 2.22. The van der Waals surface area contributed by atoms with Crippen LogP contribution in [0.1, 0.15) is 0 Å². The van der Waals surface area contributed by atoms with E-state index in [1.807, 2.05) is 34.1 Å². The summed E-state index contributed by atoms with van der Waals surface area (Å²) in [5, 5.41) is 5.73. The Morgan fingerprint density at radius 3 is 2.52 bits per heavy atom. The van der Waals surface area contributed by atoms with E-state index in [1.54, 1.807) is 14.2 Å². The number of anilines is 1. The summed E-state index contributed by atoms with van der Waals surface area (Å²) in [6, 6.07) is 7.33. The van der Waals surface area contributed by atoms with Crippen molar-refractivity contribution in [3.8, 4) is 5.75 Å². The van der Waals surface area contributed by atoms with Gasteiger partial charge in [-0.2, -0.15) is 0 Å². The van der Waals surface area contributed by atoms with Crippen LogP contribution in [0, 0.1) is 0 Å². The Hall–Kier alpha value is -2.12. The summed E-state index contributed by atoms with van der Waals surface area (Å²) in [5.41, 5.74) is 0.669. The molecule has 0 atom stereocenters. The molecule has 1 aromatic rings. The van der Waals surface area contributed by atoms with Crippen molar-refractivity contribution in [2.24, 2.45) is 0 Å². The first-order chi connectivity index (χ1) is 11.1. The molecule has 0 radical (unpaired) electrons. The maximum absolute atomic E-state index is 12.2. The highest BCUT2D eigenvalue weighted by Crippen LogP contribution is 2.22. The number of hydrogen-bond acceptors (Lipinski definition) is 5. The molecule has 1 aliphatic rings. The van der Waals surface area contributed by atoms with Crippen LogP contribution in [0.15, 0.2) is 24.3 Å². The zero-order valence-corrected chi connectivity index (χ0v) is 13.7. The molecule has 7 nitrogen and oxygen atoms in total. The topological polar surface area (TPSA) is 73.9 Å². The molecule has 0 bridgehead atoms. The van der Waals surface area contributed by atoms with E-state index in [0.29, 0.717) is 50.7 Å². The van der Waals surface area contributed by atoms with Gasteiger partial charge in [0.2, 0.25) is 11.8 Å². The van der Waals surface area contributed by atoms with E-state index in [9.17, 15) is 9.59 Å². The number of rotatable bonds is 6. The number of carbonyl (C=O) groups is 2. The van der Waals surface area contributed by atoms with Crippen molar-refractivity contribution in [2.75, 3.05) is 58.7 Å². The van der Waals surface area contributed by atoms with Crippen LogP contribution >= 0.6 is 0 Å². The van der Waals surface area contributed by atoms with Crippen LogP contribution < -0.4 is 15.4 Å². The number of carbonyl (C=O) groups excluding carboxylic acids is 2. The zero-order chi connectivity index (χ0) is 16.7. The number of benzene rings is 1. The number of nitrogens with zero attached hydrogens (tertiary/aromatic N) is 2. The second-order valence-electron chi connectivity index (χ2n) is 5.44. The summed E-state index contributed by atoms with van der Waals surface area (Å²) in [5.74, 6) is 0.665. The number of ether oxygens (including phenoxy) is 1. The molecule has 1 fully saturated rings. The van der Waals surface area contributed by atoms with Crippen molar-refractivity contribution in [1.29, 1.82) is 0 Å². The highest BCUT2D eigenvalue weighted by molar-refractivity contribution is 5.93. The van der Waals surface area contributed by atoms with Crippen molar-refractivity contribution in [3.05, 3.63) is 24.3 Å². The predicted molar refractivity (Wildman–Crippen MR) is 88.6 cm³/mol. The van der Waals surface area contributed by atoms with Crippen LogP contribution in [-0.4, -0.2) is 75.0 Å². The van der Waals surface area contributed by atoms with E-state index >= 15 is 0 Å². The van der Waals surface area contributed by atoms with Gasteiger partial charge in [0, 0.05) is 26.2 Å². The summed E-state index contributed by atoms with van der Waals surface area (Å²) < 4.78 is 5.22. The summed E-state index contributed by atoms with van der Waals surface area (Å²) in [4.78, 5) is 27.8. The smallest absolute Gasteiger partial charge is 0.238 e. The third-order valence-corrected chi connectivity index (χ3v) is 3.80. The average molecular weight is 320 g/mol. The molecule has 0 spiro atoms. The van der Waals surface area contributed by atoms with E-state index in [0.717, 1.165) is 0 Å². The molecule has 7 heteroatoms. The minimum atomic E-state index is -0.0792. The Morgan fingerprint density at radius 1 is 1.17 bits per heavy atom. The molecule has 126 valence electrons. The number of para-hydroxylation sites is 2. The standard InChI is InChI=1S/C16H24N4O3/c1-17-11-16(22)20-9-7-19(8-10-20)12-15(21)18-13-5-3-4-6-14(13)23-2/h3-6,17H,7-12H2,1-2H3,(H,18,21). The van der Waals surface area contributed by atoms with Crippen LogP contribution in [0.5, 0.6) is 5.75 Å². The monoisotopic (exact) mass is 320 g/mol. The quantitative estimate of drug-likeness (QED) is 0.772. The lowest BCUT2D eigenvalue weighted by atomic mass is 10.2. The summed E-state index contributed by atoms with van der Waals surface area (Å²) >= 11 is 0. The van der Waals surface area contributed by atoms with E-state index in [4.69, 9.17) is 4.74 Å². The van der Waals surface area contributed by atoms with Gasteiger partial charge in [-0.3, -0.25) is 14.5 Å². The van der Waals surface area contributed by atoms with Crippen LogP contribution in [-0.2, 0) is 9.59 Å². The van der Waals surface area contributed by atoms with Crippen LogP contribution in [0.2, 0.25) is 0 Å². The van der Waals surface area contributed by atoms with E-state index in [2.05, 4.69) is 10.6 Å². The Balaban J connectivity index is 1.80. The molecule has 1 aromatic carbocycles. The van der Waals surface area contributed by atoms with Gasteiger partial charge in [0.15, 0.2) is 0 Å². The van der Waals surface area contributed by atoms with Gasteiger partial charge in [-0.1, -0.05) is 12.1 Å². The fourth-order valence-corrected chi connectivity index (χ4v) is 2.56. The number of amides is 2. The summed E-state index contributed by atoms with van der Waals surface area (Å²) in [7, 11) is 3.34. The summed E-state index contributed by atoms with van der Waals surface area (Å²) in [6.45, 7) is 3.38. The van der Waals surface area contributed by atoms with E-state index < -0.39 is 0 Å². The van der Waals surface area contributed by atoms with Crippen LogP contribution in [0.4, 0.5) is 5.69 Å². The molecule has 0 aliphatic carbocycles. The number of nitrogens with one attached hydrogen (secondary N) is 2. The Bertz CT molecular complexity index is 542. The van der Waals surface area contributed by atoms with Gasteiger partial charge in [-0.25, -0.2) is 0 Å². The Labute approximate surface area is 136 Å². The molecule has 0 aromatic heterocycles. The zero-order valence-electron chi connectivity index (χ0n) is 13.7. The van der Waals surface area contributed by atoms with Gasteiger partial charge in [0.05, 0.1) is 25.9 Å². The first-order valence-electron chi connectivity index (χ1n) is 7.71. The third-order valence-electron chi connectivity index (χ3n) is 3.80. The normalized spacial score (nSPS) is 15.3. The van der Waals surface area contributed by atoms with Crippen molar-refractivity contribution < 1.29 is 14.3 Å². The van der Waals surface area contributed by atoms with E-state index in [-0.39, 0.29) is 11.8 Å². The van der Waals surface area contributed by atoms with Crippen molar-refractivity contribution in [2.45, 2.75) is 0 Å². The van der Waals surface area contributed by atoms with Gasteiger partial charge in [0.25, 0.3) is 0 Å². The van der Waals surface area contributed by atoms with Gasteiger partial charge in [-0.05, 0) is 19.2 Å². The Kier molecular flexibility index (Phi) is 6.37. The van der Waals surface area contributed by atoms with Crippen molar-refractivity contribution >= 4 is 17.5 Å².